The van der Waals surface area contributed by atoms with E-state index in [0.29, 0.717) is 12.3 Å². The molecule has 2 heterocycles. The van der Waals surface area contributed by atoms with Crippen molar-refractivity contribution in [2.45, 2.75) is 78.1 Å². The Balaban J connectivity index is 1.64. The van der Waals surface area contributed by atoms with E-state index >= 15 is 0 Å². The van der Waals surface area contributed by atoms with Crippen LogP contribution in [0.25, 0.3) is 0 Å². The number of hydrogen-bond acceptors (Lipinski definition) is 3. The lowest BCUT2D eigenvalue weighted by Gasteiger charge is -2.29. The standard InChI is InChI=1S/C23H33NO2S/c1-17(25)13-18-7-6-8-19(10-9-18)21-14-20(15-27-21)22(26)24-12-5-4-11-23(2,3)16-24/h7,14-15,19H,4-6,8-13,16H2,1-3H3. The molecule has 3 nitrogen and oxygen atoms in total. The quantitative estimate of drug-likeness (QED) is 0.597. The molecule has 1 saturated heterocycles. The highest BCUT2D eigenvalue weighted by Crippen LogP contribution is 2.36. The molecule has 2 aliphatic rings. The minimum atomic E-state index is 0.205. The van der Waals surface area contributed by atoms with E-state index in [4.69, 9.17) is 0 Å². The largest absolute Gasteiger partial charge is 0.338 e. The maximum Gasteiger partial charge on any atom is 0.254 e. The van der Waals surface area contributed by atoms with Crippen LogP contribution >= 0.6 is 11.3 Å². The minimum absolute atomic E-state index is 0.205. The Labute approximate surface area is 167 Å². The summed E-state index contributed by atoms with van der Waals surface area (Å²) in [5, 5.41) is 2.06. The molecule has 1 aromatic heterocycles. The van der Waals surface area contributed by atoms with E-state index in [9.17, 15) is 9.59 Å². The predicted octanol–water partition coefficient (Wildman–Crippen LogP) is 5.96. The number of thiophene rings is 1. The Morgan fingerprint density at radius 1 is 1.26 bits per heavy atom. The Morgan fingerprint density at radius 2 is 2.07 bits per heavy atom. The van der Waals surface area contributed by atoms with Gasteiger partial charge in [-0.2, -0.15) is 0 Å². The van der Waals surface area contributed by atoms with Crippen LogP contribution in [0.3, 0.4) is 0 Å². The van der Waals surface area contributed by atoms with Gasteiger partial charge in [-0.05, 0) is 62.8 Å². The van der Waals surface area contributed by atoms with Gasteiger partial charge in [0.05, 0.1) is 5.56 Å². The second kappa shape index (κ2) is 8.72. The van der Waals surface area contributed by atoms with Crippen molar-refractivity contribution in [2.24, 2.45) is 5.41 Å². The summed E-state index contributed by atoms with van der Waals surface area (Å²) in [4.78, 5) is 27.9. The fraction of sp³-hybridized carbons (Fsp3) is 0.652. The van der Waals surface area contributed by atoms with E-state index in [2.05, 4.69) is 36.3 Å². The van der Waals surface area contributed by atoms with Crippen molar-refractivity contribution >= 4 is 23.0 Å². The molecular formula is C23H33NO2S. The second-order valence-corrected chi connectivity index (χ2v) is 10.1. The van der Waals surface area contributed by atoms with Gasteiger partial charge in [-0.15, -0.1) is 11.3 Å². The van der Waals surface area contributed by atoms with E-state index in [1.807, 2.05) is 0 Å². The number of carbonyl (C=O) groups excluding carboxylic acids is 2. The van der Waals surface area contributed by atoms with Gasteiger partial charge in [0, 0.05) is 29.8 Å². The molecule has 0 saturated carbocycles. The number of rotatable bonds is 4. The Bertz CT molecular complexity index is 716. The molecule has 1 aliphatic heterocycles. The van der Waals surface area contributed by atoms with Crippen LogP contribution < -0.4 is 0 Å². The summed E-state index contributed by atoms with van der Waals surface area (Å²) < 4.78 is 0. The first-order valence-corrected chi connectivity index (χ1v) is 11.3. The number of nitrogens with zero attached hydrogens (tertiary/aromatic N) is 1. The summed E-state index contributed by atoms with van der Waals surface area (Å²) in [7, 11) is 0. The molecule has 1 atom stereocenters. The van der Waals surface area contributed by atoms with Crippen LogP contribution in [0.5, 0.6) is 0 Å². The first kappa shape index (κ1) is 20.3. The molecule has 0 radical (unpaired) electrons. The van der Waals surface area contributed by atoms with Crippen molar-refractivity contribution in [3.63, 3.8) is 0 Å². The van der Waals surface area contributed by atoms with Gasteiger partial charge in [0.2, 0.25) is 0 Å². The third-order valence-corrected chi connectivity index (χ3v) is 7.04. The lowest BCUT2D eigenvalue weighted by molar-refractivity contribution is -0.116. The Hall–Kier alpha value is -1.42. The van der Waals surface area contributed by atoms with Crippen LogP contribution in [-0.4, -0.2) is 29.7 Å². The molecule has 0 N–H and O–H groups in total. The Kier molecular flexibility index (Phi) is 6.56. The van der Waals surface area contributed by atoms with Crippen molar-refractivity contribution in [1.29, 1.82) is 0 Å². The third kappa shape index (κ3) is 5.54. The van der Waals surface area contributed by atoms with Gasteiger partial charge in [0.1, 0.15) is 5.78 Å². The smallest absolute Gasteiger partial charge is 0.254 e. The number of Topliss-reactive ketones (excluding diaryl/α,β-unsaturated/α-hetero) is 1. The van der Waals surface area contributed by atoms with E-state index in [0.717, 1.165) is 50.8 Å². The fourth-order valence-corrected chi connectivity index (χ4v) is 5.53. The third-order valence-electron chi connectivity index (χ3n) is 5.94. The number of allylic oxidation sites excluding steroid dienone is 2. The fourth-order valence-electron chi connectivity index (χ4n) is 4.48. The molecule has 1 aliphatic carbocycles. The van der Waals surface area contributed by atoms with E-state index in [1.165, 1.54) is 23.3 Å². The van der Waals surface area contributed by atoms with Gasteiger partial charge in [-0.1, -0.05) is 31.9 Å². The summed E-state index contributed by atoms with van der Waals surface area (Å²) in [6.07, 6.45) is 10.6. The molecule has 4 heteroatoms. The summed E-state index contributed by atoms with van der Waals surface area (Å²) in [6.45, 7) is 7.96. The van der Waals surface area contributed by atoms with E-state index in [1.54, 1.807) is 18.3 Å². The van der Waals surface area contributed by atoms with Gasteiger partial charge in [-0.25, -0.2) is 0 Å². The van der Waals surface area contributed by atoms with Gasteiger partial charge >= 0.3 is 0 Å². The zero-order valence-corrected chi connectivity index (χ0v) is 17.9. The summed E-state index contributed by atoms with van der Waals surface area (Å²) >= 11 is 1.74. The van der Waals surface area contributed by atoms with Crippen molar-refractivity contribution in [3.05, 3.63) is 33.5 Å². The summed E-state index contributed by atoms with van der Waals surface area (Å²) in [6, 6.07) is 2.14. The lowest BCUT2D eigenvalue weighted by atomic mass is 9.88. The van der Waals surface area contributed by atoms with Gasteiger partial charge in [0.15, 0.2) is 0 Å². The van der Waals surface area contributed by atoms with Crippen LogP contribution in [-0.2, 0) is 4.79 Å². The highest BCUT2D eigenvalue weighted by Gasteiger charge is 2.29. The summed E-state index contributed by atoms with van der Waals surface area (Å²) in [5.74, 6) is 0.971. The molecule has 27 heavy (non-hydrogen) atoms. The van der Waals surface area contributed by atoms with Crippen molar-refractivity contribution in [2.75, 3.05) is 13.1 Å². The minimum Gasteiger partial charge on any atom is -0.338 e. The number of ketones is 1. The van der Waals surface area contributed by atoms with Crippen LogP contribution in [0.1, 0.15) is 93.3 Å². The molecular weight excluding hydrogens is 354 g/mol. The molecule has 0 spiro atoms. The zero-order valence-electron chi connectivity index (χ0n) is 17.1. The van der Waals surface area contributed by atoms with Crippen LogP contribution in [0, 0.1) is 5.41 Å². The SMILES string of the molecule is CC(=O)CC1=CCCC(c2cc(C(=O)N3CCCCC(C)(C)C3)cs2)CC1. The molecule has 1 aromatic rings. The maximum absolute atomic E-state index is 13.1. The zero-order chi connectivity index (χ0) is 19.4. The van der Waals surface area contributed by atoms with Crippen LogP contribution in [0.2, 0.25) is 0 Å². The predicted molar refractivity (Wildman–Crippen MR) is 112 cm³/mol. The highest BCUT2D eigenvalue weighted by atomic mass is 32.1. The summed E-state index contributed by atoms with van der Waals surface area (Å²) in [5.41, 5.74) is 2.38. The topological polar surface area (TPSA) is 37.4 Å². The van der Waals surface area contributed by atoms with Crippen LogP contribution in [0.4, 0.5) is 0 Å². The van der Waals surface area contributed by atoms with E-state index in [-0.39, 0.29) is 17.1 Å². The highest BCUT2D eigenvalue weighted by molar-refractivity contribution is 7.10. The normalized spacial score (nSPS) is 23.3. The van der Waals surface area contributed by atoms with Gasteiger partial charge in [0.25, 0.3) is 5.91 Å². The molecule has 1 unspecified atom stereocenters. The molecule has 148 valence electrons. The molecule has 0 aromatic carbocycles. The van der Waals surface area contributed by atoms with E-state index < -0.39 is 0 Å². The monoisotopic (exact) mass is 387 g/mol. The van der Waals surface area contributed by atoms with Crippen molar-refractivity contribution in [1.82, 2.24) is 4.90 Å². The molecule has 1 amide bonds. The number of likely N-dealkylation sites (tertiary alicyclic amines) is 1. The number of carbonyl (C=O) groups is 2. The average molecular weight is 388 g/mol. The molecule has 1 fully saturated rings. The first-order chi connectivity index (χ1) is 12.8. The average Bonchev–Trinajstić information content (AvgIpc) is 2.87. The lowest BCUT2D eigenvalue weighted by Crippen LogP contribution is -2.37. The number of amides is 1. The van der Waals surface area contributed by atoms with Crippen molar-refractivity contribution < 1.29 is 9.59 Å². The molecule has 3 rings (SSSR count). The van der Waals surface area contributed by atoms with Gasteiger partial charge in [-0.3, -0.25) is 9.59 Å². The molecule has 0 bridgehead atoms. The maximum atomic E-state index is 13.1. The van der Waals surface area contributed by atoms with Crippen LogP contribution in [0.15, 0.2) is 23.1 Å². The van der Waals surface area contributed by atoms with Crippen molar-refractivity contribution in [3.8, 4) is 0 Å². The number of hydrogen-bond donors (Lipinski definition) is 0. The first-order valence-electron chi connectivity index (χ1n) is 10.4. The van der Waals surface area contributed by atoms with Gasteiger partial charge < -0.3 is 4.90 Å². The Morgan fingerprint density at radius 3 is 2.85 bits per heavy atom. The second-order valence-electron chi connectivity index (χ2n) is 9.14.